The Morgan fingerprint density at radius 2 is 1.92 bits per heavy atom. The smallest absolute Gasteiger partial charge is 0.318 e. The molecule has 0 bridgehead atoms. The number of urea groups is 1. The van der Waals surface area contributed by atoms with E-state index in [4.69, 9.17) is 0 Å². The molecule has 6 heteroatoms. The monoisotopic (exact) mass is 347 g/mol. The van der Waals surface area contributed by atoms with E-state index < -0.39 is 0 Å². The number of nitrogens with zero attached hydrogens (tertiary/aromatic N) is 4. The van der Waals surface area contributed by atoms with E-state index in [0.29, 0.717) is 26.2 Å². The van der Waals surface area contributed by atoms with Gasteiger partial charge in [-0.2, -0.15) is 0 Å². The van der Waals surface area contributed by atoms with Crippen LogP contribution in [0, 0.1) is 6.92 Å². The van der Waals surface area contributed by atoms with Crippen LogP contribution in [-0.4, -0.2) is 32.2 Å². The number of carbonyl (C=O) groups excluding carboxylic acids is 1. The Labute approximate surface area is 152 Å². The highest BCUT2D eigenvalue weighted by Gasteiger charge is 2.24. The van der Waals surface area contributed by atoms with Crippen LogP contribution in [0.15, 0.2) is 54.6 Å². The predicted octanol–water partition coefficient (Wildman–Crippen LogP) is 2.98. The van der Waals surface area contributed by atoms with Gasteiger partial charge in [-0.15, -0.1) is 10.2 Å². The van der Waals surface area contributed by atoms with Crippen molar-refractivity contribution in [1.29, 1.82) is 0 Å². The van der Waals surface area contributed by atoms with Crippen molar-refractivity contribution in [3.05, 3.63) is 71.5 Å². The molecular formula is C20H21N5O. The Hall–Kier alpha value is -3.15. The Bertz CT molecular complexity index is 919. The largest absolute Gasteiger partial charge is 0.334 e. The molecule has 0 unspecified atom stereocenters. The normalized spacial score (nSPS) is 13.3. The fourth-order valence-electron chi connectivity index (χ4n) is 3.24. The summed E-state index contributed by atoms with van der Waals surface area (Å²) in [7, 11) is 0. The Morgan fingerprint density at radius 3 is 2.73 bits per heavy atom. The van der Waals surface area contributed by atoms with Gasteiger partial charge in [0.2, 0.25) is 0 Å². The van der Waals surface area contributed by atoms with Gasteiger partial charge < -0.3 is 14.8 Å². The van der Waals surface area contributed by atoms with Crippen LogP contribution >= 0.6 is 0 Å². The lowest BCUT2D eigenvalue weighted by Gasteiger charge is -2.28. The summed E-state index contributed by atoms with van der Waals surface area (Å²) in [4.78, 5) is 14.3. The molecule has 0 aliphatic carbocycles. The number of hydrogen-bond donors (Lipinski definition) is 1. The van der Waals surface area contributed by atoms with Gasteiger partial charge in [-0.25, -0.2) is 4.79 Å². The average Bonchev–Trinajstić information content (AvgIpc) is 3.10. The molecule has 1 aliphatic rings. The lowest BCUT2D eigenvalue weighted by atomic mass is 10.1. The molecule has 0 saturated heterocycles. The summed E-state index contributed by atoms with van der Waals surface area (Å²) in [5, 5.41) is 11.6. The van der Waals surface area contributed by atoms with Crippen LogP contribution in [0.4, 0.5) is 4.79 Å². The highest BCUT2D eigenvalue weighted by Crippen LogP contribution is 2.21. The summed E-state index contributed by atoms with van der Waals surface area (Å²) in [5.41, 5.74) is 3.34. The minimum Gasteiger partial charge on any atom is -0.334 e. The van der Waals surface area contributed by atoms with Gasteiger partial charge in [0.1, 0.15) is 0 Å². The number of aromatic nitrogens is 3. The number of aryl methyl sites for hydroxylation is 1. The van der Waals surface area contributed by atoms with Crippen molar-refractivity contribution in [1.82, 2.24) is 25.0 Å². The van der Waals surface area contributed by atoms with Crippen LogP contribution in [0.25, 0.3) is 11.4 Å². The number of carbonyl (C=O) groups is 1. The van der Waals surface area contributed by atoms with E-state index in [1.54, 1.807) is 4.90 Å². The number of nitrogens with one attached hydrogen (secondary N) is 1. The Morgan fingerprint density at radius 1 is 1.08 bits per heavy atom. The summed E-state index contributed by atoms with van der Waals surface area (Å²) in [6.07, 6.45) is 0. The van der Waals surface area contributed by atoms with Crippen LogP contribution in [-0.2, 0) is 19.6 Å². The van der Waals surface area contributed by atoms with Crippen molar-refractivity contribution in [2.45, 2.75) is 26.6 Å². The maximum absolute atomic E-state index is 12.5. The van der Waals surface area contributed by atoms with Crippen LogP contribution in [0.2, 0.25) is 0 Å². The van der Waals surface area contributed by atoms with E-state index >= 15 is 0 Å². The fourth-order valence-corrected chi connectivity index (χ4v) is 3.24. The molecule has 1 aliphatic heterocycles. The number of hydrogen-bond acceptors (Lipinski definition) is 3. The number of benzene rings is 2. The second-order valence-corrected chi connectivity index (χ2v) is 6.53. The van der Waals surface area contributed by atoms with E-state index in [1.807, 2.05) is 55.5 Å². The van der Waals surface area contributed by atoms with E-state index in [2.05, 4.69) is 26.1 Å². The molecule has 0 spiro atoms. The van der Waals surface area contributed by atoms with Gasteiger partial charge in [0.25, 0.3) is 0 Å². The zero-order chi connectivity index (χ0) is 17.9. The van der Waals surface area contributed by atoms with E-state index in [-0.39, 0.29) is 6.03 Å². The first kappa shape index (κ1) is 16.3. The average molecular weight is 347 g/mol. The standard InChI is InChI=1S/C20H21N5O/c1-15-6-5-7-16(12-15)13-21-20(26)24-10-11-25-18(14-24)22-23-19(25)17-8-3-2-4-9-17/h2-9,12H,10-11,13-14H2,1H3,(H,21,26). The molecule has 132 valence electrons. The highest BCUT2D eigenvalue weighted by molar-refractivity contribution is 5.74. The maximum atomic E-state index is 12.5. The van der Waals surface area contributed by atoms with Crippen molar-refractivity contribution >= 4 is 6.03 Å². The fraction of sp³-hybridized carbons (Fsp3) is 0.250. The number of rotatable bonds is 3. The summed E-state index contributed by atoms with van der Waals surface area (Å²) in [6.45, 7) is 4.39. The summed E-state index contributed by atoms with van der Waals surface area (Å²) < 4.78 is 2.10. The Balaban J connectivity index is 1.42. The van der Waals surface area contributed by atoms with E-state index in [1.165, 1.54) is 5.56 Å². The third-order valence-electron chi connectivity index (χ3n) is 4.60. The van der Waals surface area contributed by atoms with Gasteiger partial charge in [0.05, 0.1) is 6.54 Å². The summed E-state index contributed by atoms with van der Waals surface area (Å²) in [6, 6.07) is 18.1. The second kappa shape index (κ2) is 7.00. The highest BCUT2D eigenvalue weighted by atomic mass is 16.2. The predicted molar refractivity (Wildman–Crippen MR) is 99.3 cm³/mol. The topological polar surface area (TPSA) is 63.1 Å². The van der Waals surface area contributed by atoms with Crippen LogP contribution in [0.5, 0.6) is 0 Å². The van der Waals surface area contributed by atoms with Crippen LogP contribution in [0.1, 0.15) is 17.0 Å². The van der Waals surface area contributed by atoms with Gasteiger partial charge in [0.15, 0.2) is 11.6 Å². The third kappa shape index (κ3) is 3.31. The summed E-state index contributed by atoms with van der Waals surface area (Å²) >= 11 is 0. The van der Waals surface area contributed by atoms with Gasteiger partial charge in [-0.05, 0) is 12.5 Å². The quantitative estimate of drug-likeness (QED) is 0.792. The van der Waals surface area contributed by atoms with E-state index in [9.17, 15) is 4.79 Å². The number of amides is 2. The summed E-state index contributed by atoms with van der Waals surface area (Å²) in [5.74, 6) is 1.68. The van der Waals surface area contributed by atoms with Crippen molar-refractivity contribution < 1.29 is 4.79 Å². The van der Waals surface area contributed by atoms with Gasteiger partial charge in [0, 0.05) is 25.2 Å². The number of fused-ring (bicyclic) bond motifs is 1. The molecule has 26 heavy (non-hydrogen) atoms. The zero-order valence-electron chi connectivity index (χ0n) is 14.7. The van der Waals surface area contributed by atoms with Crippen molar-refractivity contribution in [2.24, 2.45) is 0 Å². The first-order valence-electron chi connectivity index (χ1n) is 8.76. The lowest BCUT2D eigenvalue weighted by Crippen LogP contribution is -2.44. The molecule has 2 amide bonds. The zero-order valence-corrected chi connectivity index (χ0v) is 14.7. The molecule has 0 fully saturated rings. The molecule has 0 radical (unpaired) electrons. The molecule has 1 aromatic heterocycles. The molecule has 0 saturated carbocycles. The minimum absolute atomic E-state index is 0.0676. The van der Waals surface area contributed by atoms with E-state index in [0.717, 1.165) is 22.8 Å². The van der Waals surface area contributed by atoms with Crippen molar-refractivity contribution in [3.63, 3.8) is 0 Å². The Kier molecular flexibility index (Phi) is 4.39. The molecule has 1 N–H and O–H groups in total. The van der Waals surface area contributed by atoms with Gasteiger partial charge >= 0.3 is 6.03 Å². The maximum Gasteiger partial charge on any atom is 0.318 e. The molecule has 2 heterocycles. The minimum atomic E-state index is -0.0676. The second-order valence-electron chi connectivity index (χ2n) is 6.53. The molecule has 2 aromatic carbocycles. The lowest BCUT2D eigenvalue weighted by molar-refractivity contribution is 0.182. The first-order chi connectivity index (χ1) is 12.7. The first-order valence-corrected chi connectivity index (χ1v) is 8.76. The third-order valence-corrected chi connectivity index (χ3v) is 4.60. The van der Waals surface area contributed by atoms with Gasteiger partial charge in [-0.1, -0.05) is 60.2 Å². The molecule has 3 aromatic rings. The van der Waals surface area contributed by atoms with Crippen LogP contribution < -0.4 is 5.32 Å². The van der Waals surface area contributed by atoms with Crippen LogP contribution in [0.3, 0.4) is 0 Å². The SMILES string of the molecule is Cc1cccc(CNC(=O)N2CCn3c(nnc3-c3ccccc3)C2)c1. The van der Waals surface area contributed by atoms with Gasteiger partial charge in [-0.3, -0.25) is 0 Å². The van der Waals surface area contributed by atoms with Crippen molar-refractivity contribution in [2.75, 3.05) is 6.54 Å². The molecular weight excluding hydrogens is 326 g/mol. The molecule has 4 rings (SSSR count). The van der Waals surface area contributed by atoms with Crippen molar-refractivity contribution in [3.8, 4) is 11.4 Å². The molecule has 6 nitrogen and oxygen atoms in total. The molecule has 0 atom stereocenters.